The zero-order valence-electron chi connectivity index (χ0n) is 11.2. The standard InChI is InChI=1S/C14H26N2O2/c15-11-14(7-9-18-10-8-14)16-13(17)6-5-12-3-1-2-4-12/h12H,1-11,15H2,(H,16,17). The van der Waals surface area contributed by atoms with Gasteiger partial charge in [-0.3, -0.25) is 4.79 Å². The third-order valence-corrected chi connectivity index (χ3v) is 4.50. The molecule has 0 aromatic rings. The molecule has 104 valence electrons. The Hall–Kier alpha value is -0.610. The molecule has 2 fully saturated rings. The van der Waals surface area contributed by atoms with Gasteiger partial charge in [0.25, 0.3) is 0 Å². The minimum atomic E-state index is -0.203. The molecule has 1 saturated carbocycles. The fourth-order valence-corrected chi connectivity index (χ4v) is 3.13. The van der Waals surface area contributed by atoms with Gasteiger partial charge >= 0.3 is 0 Å². The Morgan fingerprint density at radius 2 is 1.94 bits per heavy atom. The quantitative estimate of drug-likeness (QED) is 0.783. The lowest BCUT2D eigenvalue weighted by molar-refractivity contribution is -0.124. The molecule has 0 bridgehead atoms. The van der Waals surface area contributed by atoms with Gasteiger partial charge < -0.3 is 15.8 Å². The molecule has 4 nitrogen and oxygen atoms in total. The van der Waals surface area contributed by atoms with Crippen molar-refractivity contribution in [3.05, 3.63) is 0 Å². The van der Waals surface area contributed by atoms with E-state index in [9.17, 15) is 4.79 Å². The second-order valence-electron chi connectivity index (χ2n) is 5.83. The summed E-state index contributed by atoms with van der Waals surface area (Å²) in [6, 6.07) is 0. The van der Waals surface area contributed by atoms with Crippen molar-refractivity contribution in [2.45, 2.75) is 56.9 Å². The van der Waals surface area contributed by atoms with Crippen LogP contribution in [0.25, 0.3) is 0 Å². The van der Waals surface area contributed by atoms with Crippen LogP contribution in [0.2, 0.25) is 0 Å². The summed E-state index contributed by atoms with van der Waals surface area (Å²) >= 11 is 0. The van der Waals surface area contributed by atoms with E-state index in [2.05, 4.69) is 5.32 Å². The third-order valence-electron chi connectivity index (χ3n) is 4.50. The SMILES string of the molecule is NCC1(NC(=O)CCC2CCCC2)CCOCC1. The van der Waals surface area contributed by atoms with Crippen molar-refractivity contribution < 1.29 is 9.53 Å². The number of carbonyl (C=O) groups is 1. The minimum Gasteiger partial charge on any atom is -0.381 e. The lowest BCUT2D eigenvalue weighted by atomic mass is 9.89. The van der Waals surface area contributed by atoms with E-state index in [4.69, 9.17) is 10.5 Å². The van der Waals surface area contributed by atoms with E-state index in [0.717, 1.165) is 25.2 Å². The third kappa shape index (κ3) is 3.69. The Morgan fingerprint density at radius 1 is 1.28 bits per heavy atom. The zero-order chi connectivity index (χ0) is 12.8. The Balaban J connectivity index is 1.74. The fraction of sp³-hybridized carbons (Fsp3) is 0.929. The monoisotopic (exact) mass is 254 g/mol. The molecule has 0 spiro atoms. The summed E-state index contributed by atoms with van der Waals surface area (Å²) in [7, 11) is 0. The molecule has 2 rings (SSSR count). The van der Waals surface area contributed by atoms with Crippen LogP contribution in [0.3, 0.4) is 0 Å². The summed E-state index contributed by atoms with van der Waals surface area (Å²) in [5, 5.41) is 3.16. The van der Waals surface area contributed by atoms with E-state index in [1.807, 2.05) is 0 Å². The summed E-state index contributed by atoms with van der Waals surface area (Å²) in [6.45, 7) is 1.94. The number of hydrogen-bond donors (Lipinski definition) is 2. The second kappa shape index (κ2) is 6.53. The predicted octanol–water partition coefficient (Wildman–Crippen LogP) is 1.58. The molecule has 1 saturated heterocycles. The highest BCUT2D eigenvalue weighted by Crippen LogP contribution is 2.28. The van der Waals surface area contributed by atoms with Crippen molar-refractivity contribution in [2.75, 3.05) is 19.8 Å². The maximum absolute atomic E-state index is 12.0. The Morgan fingerprint density at radius 3 is 2.56 bits per heavy atom. The molecule has 1 aliphatic carbocycles. The highest BCUT2D eigenvalue weighted by atomic mass is 16.5. The maximum Gasteiger partial charge on any atom is 0.220 e. The predicted molar refractivity (Wildman–Crippen MR) is 71.2 cm³/mol. The number of ether oxygens (including phenoxy) is 1. The van der Waals surface area contributed by atoms with E-state index in [0.29, 0.717) is 26.2 Å². The van der Waals surface area contributed by atoms with Crippen LogP contribution < -0.4 is 11.1 Å². The smallest absolute Gasteiger partial charge is 0.220 e. The van der Waals surface area contributed by atoms with Crippen LogP contribution in [0.5, 0.6) is 0 Å². The van der Waals surface area contributed by atoms with Gasteiger partial charge in [-0.05, 0) is 25.2 Å². The molecule has 1 aliphatic heterocycles. The van der Waals surface area contributed by atoms with E-state index >= 15 is 0 Å². The van der Waals surface area contributed by atoms with Crippen LogP contribution in [0, 0.1) is 5.92 Å². The fourth-order valence-electron chi connectivity index (χ4n) is 3.13. The molecule has 0 atom stereocenters. The van der Waals surface area contributed by atoms with Gasteiger partial charge in [-0.1, -0.05) is 25.7 Å². The summed E-state index contributed by atoms with van der Waals surface area (Å²) in [6.07, 6.45) is 8.70. The Labute approximate surface area is 110 Å². The van der Waals surface area contributed by atoms with Crippen molar-refractivity contribution in [2.24, 2.45) is 11.7 Å². The minimum absolute atomic E-state index is 0.175. The van der Waals surface area contributed by atoms with Gasteiger partial charge in [0.05, 0.1) is 5.54 Å². The molecule has 0 aromatic carbocycles. The lowest BCUT2D eigenvalue weighted by Crippen LogP contribution is -2.56. The lowest BCUT2D eigenvalue weighted by Gasteiger charge is -2.37. The van der Waals surface area contributed by atoms with E-state index in [1.165, 1.54) is 25.7 Å². The molecule has 2 aliphatic rings. The topological polar surface area (TPSA) is 64.3 Å². The summed E-state index contributed by atoms with van der Waals surface area (Å²) < 4.78 is 5.34. The number of nitrogens with one attached hydrogen (secondary N) is 1. The van der Waals surface area contributed by atoms with Gasteiger partial charge in [-0.25, -0.2) is 0 Å². The second-order valence-corrected chi connectivity index (χ2v) is 5.83. The molecule has 4 heteroatoms. The molecule has 0 aromatic heterocycles. The number of rotatable bonds is 5. The molecule has 18 heavy (non-hydrogen) atoms. The summed E-state index contributed by atoms with van der Waals surface area (Å²) in [5.74, 6) is 0.952. The molecular weight excluding hydrogens is 228 g/mol. The number of carbonyl (C=O) groups excluding carboxylic acids is 1. The van der Waals surface area contributed by atoms with Gasteiger partial charge in [0.15, 0.2) is 0 Å². The largest absolute Gasteiger partial charge is 0.381 e. The van der Waals surface area contributed by atoms with Crippen LogP contribution in [0.1, 0.15) is 51.4 Å². The average molecular weight is 254 g/mol. The van der Waals surface area contributed by atoms with Crippen molar-refractivity contribution >= 4 is 5.91 Å². The van der Waals surface area contributed by atoms with Crippen LogP contribution in [0.4, 0.5) is 0 Å². The van der Waals surface area contributed by atoms with Crippen molar-refractivity contribution in [1.82, 2.24) is 5.32 Å². The molecule has 0 radical (unpaired) electrons. The average Bonchev–Trinajstić information content (AvgIpc) is 2.91. The van der Waals surface area contributed by atoms with E-state index in [-0.39, 0.29) is 11.4 Å². The van der Waals surface area contributed by atoms with Crippen LogP contribution in [0.15, 0.2) is 0 Å². The van der Waals surface area contributed by atoms with Crippen LogP contribution in [-0.4, -0.2) is 31.2 Å². The van der Waals surface area contributed by atoms with Crippen molar-refractivity contribution in [3.63, 3.8) is 0 Å². The molecule has 3 N–H and O–H groups in total. The van der Waals surface area contributed by atoms with Gasteiger partial charge in [0.2, 0.25) is 5.91 Å². The zero-order valence-corrected chi connectivity index (χ0v) is 11.2. The highest BCUT2D eigenvalue weighted by molar-refractivity contribution is 5.76. The van der Waals surface area contributed by atoms with Crippen molar-refractivity contribution in [3.8, 4) is 0 Å². The maximum atomic E-state index is 12.0. The first-order valence-corrected chi connectivity index (χ1v) is 7.33. The van der Waals surface area contributed by atoms with Crippen LogP contribution >= 0.6 is 0 Å². The normalized spacial score (nSPS) is 24.1. The van der Waals surface area contributed by atoms with E-state index < -0.39 is 0 Å². The Kier molecular flexibility index (Phi) is 5.01. The van der Waals surface area contributed by atoms with Crippen molar-refractivity contribution in [1.29, 1.82) is 0 Å². The van der Waals surface area contributed by atoms with Crippen LogP contribution in [-0.2, 0) is 9.53 Å². The Bertz CT molecular complexity index is 269. The number of amides is 1. The highest BCUT2D eigenvalue weighted by Gasteiger charge is 2.32. The number of nitrogens with two attached hydrogens (primary N) is 1. The van der Waals surface area contributed by atoms with Gasteiger partial charge in [-0.15, -0.1) is 0 Å². The first-order chi connectivity index (χ1) is 8.74. The molecule has 1 amide bonds. The molecular formula is C14H26N2O2. The van der Waals surface area contributed by atoms with E-state index in [1.54, 1.807) is 0 Å². The van der Waals surface area contributed by atoms with Gasteiger partial charge in [0.1, 0.15) is 0 Å². The number of hydrogen-bond acceptors (Lipinski definition) is 3. The first kappa shape index (κ1) is 13.8. The summed E-state index contributed by atoms with van der Waals surface area (Å²) in [4.78, 5) is 12.0. The molecule has 1 heterocycles. The van der Waals surface area contributed by atoms with Gasteiger partial charge in [-0.2, -0.15) is 0 Å². The molecule has 0 unspecified atom stereocenters. The summed E-state index contributed by atoms with van der Waals surface area (Å²) in [5.41, 5.74) is 5.63. The van der Waals surface area contributed by atoms with Gasteiger partial charge in [0, 0.05) is 26.2 Å². The first-order valence-electron chi connectivity index (χ1n) is 7.33.